The van der Waals surface area contributed by atoms with E-state index in [9.17, 15) is 9.59 Å². The van der Waals surface area contributed by atoms with Crippen molar-refractivity contribution < 1.29 is 14.3 Å². The molecule has 1 saturated heterocycles. The number of rotatable bonds is 4. The minimum Gasteiger partial charge on any atom is -0.497 e. The number of benzene rings is 2. The van der Waals surface area contributed by atoms with Gasteiger partial charge in [-0.1, -0.05) is 30.3 Å². The van der Waals surface area contributed by atoms with Gasteiger partial charge in [0.1, 0.15) is 11.4 Å². The predicted octanol–water partition coefficient (Wildman–Crippen LogP) is 2.97. The largest absolute Gasteiger partial charge is 0.497 e. The van der Waals surface area contributed by atoms with Crippen molar-refractivity contribution in [1.29, 1.82) is 0 Å². The van der Waals surface area contributed by atoms with E-state index in [2.05, 4.69) is 9.69 Å². The fourth-order valence-electron chi connectivity index (χ4n) is 3.37. The fraction of sp³-hybridized carbons (Fsp3) is 0.286. The minimum atomic E-state index is -0.126. The Balaban J connectivity index is 1.31. The van der Waals surface area contributed by atoms with E-state index >= 15 is 0 Å². The van der Waals surface area contributed by atoms with E-state index in [1.54, 1.807) is 16.9 Å². The molecule has 8 heteroatoms. The molecule has 0 unspecified atom stereocenters. The SMILES string of the molecule is COc1cccc(CNC(=O)N2CCN(C(=O)c3nsc4ccccc34)CC2)c1. The van der Waals surface area contributed by atoms with E-state index in [1.807, 2.05) is 48.5 Å². The number of hydrogen-bond donors (Lipinski definition) is 1. The van der Waals surface area contributed by atoms with Gasteiger partial charge in [0.15, 0.2) is 0 Å². The molecule has 1 aromatic heterocycles. The van der Waals surface area contributed by atoms with Gasteiger partial charge >= 0.3 is 6.03 Å². The second-order valence-corrected chi connectivity index (χ2v) is 7.62. The maximum atomic E-state index is 12.9. The van der Waals surface area contributed by atoms with Crippen LogP contribution in [0.4, 0.5) is 4.79 Å². The molecule has 0 spiro atoms. The first-order chi connectivity index (χ1) is 14.2. The number of nitrogens with one attached hydrogen (secondary N) is 1. The van der Waals surface area contributed by atoms with Gasteiger partial charge in [-0.25, -0.2) is 4.79 Å². The van der Waals surface area contributed by atoms with E-state index in [1.165, 1.54) is 11.5 Å². The Hall–Kier alpha value is -3.13. The highest BCUT2D eigenvalue weighted by Crippen LogP contribution is 2.23. The summed E-state index contributed by atoms with van der Waals surface area (Å²) in [6.07, 6.45) is 0. The lowest BCUT2D eigenvalue weighted by Gasteiger charge is -2.34. The zero-order valence-electron chi connectivity index (χ0n) is 16.1. The number of hydrogen-bond acceptors (Lipinski definition) is 5. The summed E-state index contributed by atoms with van der Waals surface area (Å²) in [7, 11) is 1.62. The number of carbonyl (C=O) groups is 2. The molecular formula is C21H22N4O3S. The number of aromatic nitrogens is 1. The van der Waals surface area contributed by atoms with E-state index in [0.29, 0.717) is 38.4 Å². The molecule has 1 aliphatic rings. The number of amides is 3. The van der Waals surface area contributed by atoms with E-state index in [0.717, 1.165) is 21.4 Å². The first kappa shape index (κ1) is 19.2. The molecule has 150 valence electrons. The molecule has 29 heavy (non-hydrogen) atoms. The Morgan fingerprint density at radius 2 is 1.83 bits per heavy atom. The smallest absolute Gasteiger partial charge is 0.317 e. The monoisotopic (exact) mass is 410 g/mol. The van der Waals surface area contributed by atoms with Crippen molar-refractivity contribution in [2.45, 2.75) is 6.54 Å². The van der Waals surface area contributed by atoms with Crippen LogP contribution in [-0.2, 0) is 6.54 Å². The summed E-state index contributed by atoms with van der Waals surface area (Å²) in [6.45, 7) is 2.42. The fourth-order valence-corrected chi connectivity index (χ4v) is 4.14. The topological polar surface area (TPSA) is 74.8 Å². The van der Waals surface area contributed by atoms with Crippen molar-refractivity contribution in [3.63, 3.8) is 0 Å². The zero-order valence-corrected chi connectivity index (χ0v) is 16.9. The second kappa shape index (κ2) is 8.48. The van der Waals surface area contributed by atoms with Crippen LogP contribution >= 0.6 is 11.5 Å². The molecule has 7 nitrogen and oxygen atoms in total. The van der Waals surface area contributed by atoms with Crippen LogP contribution in [0.5, 0.6) is 5.75 Å². The van der Waals surface area contributed by atoms with Crippen molar-refractivity contribution in [1.82, 2.24) is 19.5 Å². The van der Waals surface area contributed by atoms with Crippen LogP contribution < -0.4 is 10.1 Å². The van der Waals surface area contributed by atoms with Crippen LogP contribution in [0.3, 0.4) is 0 Å². The van der Waals surface area contributed by atoms with Gasteiger partial charge in [0, 0.05) is 38.1 Å². The maximum Gasteiger partial charge on any atom is 0.317 e. The third-order valence-corrected chi connectivity index (χ3v) is 5.84. The third kappa shape index (κ3) is 4.17. The standard InChI is InChI=1S/C21H22N4O3S/c1-28-16-6-4-5-15(13-16)14-22-21(27)25-11-9-24(10-12-25)20(26)19-17-7-2-3-8-18(17)29-23-19/h2-8,13H,9-12,14H2,1H3,(H,22,27). The van der Waals surface area contributed by atoms with E-state index < -0.39 is 0 Å². The molecule has 3 amide bonds. The van der Waals surface area contributed by atoms with Gasteiger partial charge in [-0.2, -0.15) is 4.37 Å². The summed E-state index contributed by atoms with van der Waals surface area (Å²) in [5.41, 5.74) is 1.48. The van der Waals surface area contributed by atoms with Crippen molar-refractivity contribution >= 4 is 33.6 Å². The number of carbonyl (C=O) groups excluding carboxylic acids is 2. The molecule has 1 fully saturated rings. The molecule has 0 saturated carbocycles. The lowest BCUT2D eigenvalue weighted by Crippen LogP contribution is -2.53. The Morgan fingerprint density at radius 1 is 1.07 bits per heavy atom. The van der Waals surface area contributed by atoms with E-state index in [4.69, 9.17) is 4.74 Å². The summed E-state index contributed by atoms with van der Waals surface area (Å²) >= 11 is 1.34. The number of piperazine rings is 1. The summed E-state index contributed by atoms with van der Waals surface area (Å²) < 4.78 is 10.6. The number of ether oxygens (including phenoxy) is 1. The molecule has 4 rings (SSSR count). The molecule has 1 aliphatic heterocycles. The summed E-state index contributed by atoms with van der Waals surface area (Å²) in [5.74, 6) is 0.692. The highest BCUT2D eigenvalue weighted by molar-refractivity contribution is 7.13. The normalized spacial score (nSPS) is 14.1. The molecule has 0 atom stereocenters. The van der Waals surface area contributed by atoms with Crippen LogP contribution in [-0.4, -0.2) is 59.4 Å². The molecule has 0 aliphatic carbocycles. The van der Waals surface area contributed by atoms with Crippen LogP contribution in [0, 0.1) is 0 Å². The highest BCUT2D eigenvalue weighted by atomic mass is 32.1. The average molecular weight is 410 g/mol. The average Bonchev–Trinajstić information content (AvgIpc) is 3.21. The Labute approximate surface area is 173 Å². The number of urea groups is 1. The van der Waals surface area contributed by atoms with Crippen molar-refractivity contribution in [2.24, 2.45) is 0 Å². The second-order valence-electron chi connectivity index (χ2n) is 6.82. The zero-order chi connectivity index (χ0) is 20.2. The van der Waals surface area contributed by atoms with Crippen LogP contribution in [0.25, 0.3) is 10.1 Å². The van der Waals surface area contributed by atoms with Gasteiger partial charge in [0.05, 0.1) is 11.8 Å². The Bertz CT molecular complexity index is 1030. The van der Waals surface area contributed by atoms with Gasteiger partial charge in [0.2, 0.25) is 0 Å². The van der Waals surface area contributed by atoms with Gasteiger partial charge < -0.3 is 19.9 Å². The number of fused-ring (bicyclic) bond motifs is 1. The number of nitrogens with zero attached hydrogens (tertiary/aromatic N) is 3. The van der Waals surface area contributed by atoms with Gasteiger partial charge in [-0.15, -0.1) is 0 Å². The molecule has 1 N–H and O–H groups in total. The molecular weight excluding hydrogens is 388 g/mol. The van der Waals surface area contributed by atoms with E-state index in [-0.39, 0.29) is 11.9 Å². The first-order valence-electron chi connectivity index (χ1n) is 9.45. The van der Waals surface area contributed by atoms with Crippen LogP contribution in [0.15, 0.2) is 48.5 Å². The first-order valence-corrected chi connectivity index (χ1v) is 10.2. The lowest BCUT2D eigenvalue weighted by atomic mass is 10.2. The van der Waals surface area contributed by atoms with Gasteiger partial charge in [-0.05, 0) is 35.3 Å². The van der Waals surface area contributed by atoms with Gasteiger partial charge in [0.25, 0.3) is 5.91 Å². The lowest BCUT2D eigenvalue weighted by molar-refractivity contribution is 0.0662. The predicted molar refractivity (Wildman–Crippen MR) is 112 cm³/mol. The van der Waals surface area contributed by atoms with Crippen molar-refractivity contribution in [2.75, 3.05) is 33.3 Å². The maximum absolute atomic E-state index is 12.9. The van der Waals surface area contributed by atoms with Gasteiger partial charge in [-0.3, -0.25) is 4.79 Å². The molecule has 2 heterocycles. The Kier molecular flexibility index (Phi) is 5.62. The van der Waals surface area contributed by atoms with Crippen LogP contribution in [0.2, 0.25) is 0 Å². The quantitative estimate of drug-likeness (QED) is 0.718. The van der Waals surface area contributed by atoms with Crippen LogP contribution in [0.1, 0.15) is 16.1 Å². The molecule has 0 radical (unpaired) electrons. The summed E-state index contributed by atoms with van der Waals surface area (Å²) in [5, 5.41) is 3.82. The summed E-state index contributed by atoms with van der Waals surface area (Å²) in [6, 6.07) is 15.2. The number of methoxy groups -OCH3 is 1. The minimum absolute atomic E-state index is 0.0705. The Morgan fingerprint density at radius 3 is 2.62 bits per heavy atom. The van der Waals surface area contributed by atoms with Crippen molar-refractivity contribution in [3.05, 3.63) is 59.8 Å². The van der Waals surface area contributed by atoms with Crippen molar-refractivity contribution in [3.8, 4) is 5.75 Å². The molecule has 2 aromatic carbocycles. The molecule has 0 bridgehead atoms. The third-order valence-electron chi connectivity index (χ3n) is 5.01. The molecule has 3 aromatic rings. The summed E-state index contributed by atoms with van der Waals surface area (Å²) in [4.78, 5) is 28.8. The highest BCUT2D eigenvalue weighted by Gasteiger charge is 2.27.